The first kappa shape index (κ1) is 14.5. The highest BCUT2D eigenvalue weighted by Gasteiger charge is 2.29. The van der Waals surface area contributed by atoms with Gasteiger partial charge in [-0.25, -0.2) is 0 Å². The lowest BCUT2D eigenvalue weighted by atomic mass is 10.1. The molecule has 0 spiro atoms. The highest BCUT2D eigenvalue weighted by atomic mass is 16.3. The minimum atomic E-state index is -0.360. The van der Waals surface area contributed by atoms with Gasteiger partial charge in [-0.1, -0.05) is 48.6 Å². The fraction of sp³-hybridized carbons (Fsp3) is 0.211. The minimum absolute atomic E-state index is 0.00168. The fourth-order valence-corrected chi connectivity index (χ4v) is 2.88. The van der Waals surface area contributed by atoms with E-state index in [1.54, 1.807) is 0 Å². The Morgan fingerprint density at radius 1 is 1.18 bits per heavy atom. The first-order chi connectivity index (χ1) is 10.8. The Hall–Kier alpha value is -2.41. The Bertz CT molecular complexity index is 713. The quantitative estimate of drug-likeness (QED) is 0.910. The second-order valence-corrected chi connectivity index (χ2v) is 5.49. The lowest BCUT2D eigenvalue weighted by molar-refractivity contribution is 0.143. The van der Waals surface area contributed by atoms with E-state index in [9.17, 15) is 5.11 Å². The molecule has 1 aliphatic carbocycles. The largest absolute Gasteiger partial charge is 0.391 e. The van der Waals surface area contributed by atoms with Crippen molar-refractivity contribution in [3.05, 3.63) is 76.9 Å². The van der Waals surface area contributed by atoms with Gasteiger partial charge in [0.2, 0.25) is 0 Å². The predicted octanol–water partition coefficient (Wildman–Crippen LogP) is 2.82. The van der Waals surface area contributed by atoms with Gasteiger partial charge >= 0.3 is 0 Å². The van der Waals surface area contributed by atoms with E-state index in [2.05, 4.69) is 23.5 Å². The molecule has 0 saturated heterocycles. The molecule has 3 rings (SSSR count). The number of aliphatic hydroxyl groups excluding tert-OH is 1. The van der Waals surface area contributed by atoms with Gasteiger partial charge in [-0.2, -0.15) is 5.26 Å². The zero-order valence-electron chi connectivity index (χ0n) is 12.2. The number of hydrogen-bond donors (Lipinski definition) is 2. The first-order valence-corrected chi connectivity index (χ1v) is 7.44. The Balaban J connectivity index is 1.59. The maximum Gasteiger partial charge on any atom is 0.0991 e. The van der Waals surface area contributed by atoms with Crippen LogP contribution in [0.5, 0.6) is 0 Å². The number of aliphatic hydroxyl groups is 1. The molecule has 0 amide bonds. The molecule has 0 aromatic heterocycles. The molecule has 0 fully saturated rings. The smallest absolute Gasteiger partial charge is 0.0991 e. The Morgan fingerprint density at radius 3 is 2.73 bits per heavy atom. The summed E-state index contributed by atoms with van der Waals surface area (Å²) < 4.78 is 0. The molecular weight excluding hydrogens is 272 g/mol. The van der Waals surface area contributed by atoms with Gasteiger partial charge in [-0.05, 0) is 28.8 Å². The van der Waals surface area contributed by atoms with Crippen molar-refractivity contribution in [3.8, 4) is 6.07 Å². The number of nitrogens with one attached hydrogen (secondary N) is 1. The standard InChI is InChI=1S/C19H18N2O/c20-13-15-9-7-14(8-10-15)4-3-11-21-19-17-6-2-1-5-16(17)12-18(19)22/h1-10,18-19,21-22H,11-12H2/b4-3+/t18-,19+/m0/s1. The monoisotopic (exact) mass is 290 g/mol. The van der Waals surface area contributed by atoms with Crippen molar-refractivity contribution in [1.82, 2.24) is 5.32 Å². The van der Waals surface area contributed by atoms with E-state index >= 15 is 0 Å². The van der Waals surface area contributed by atoms with Gasteiger partial charge in [-0.3, -0.25) is 0 Å². The number of rotatable bonds is 4. The van der Waals surface area contributed by atoms with Crippen LogP contribution in [0.2, 0.25) is 0 Å². The molecule has 2 aromatic rings. The van der Waals surface area contributed by atoms with Gasteiger partial charge in [0.1, 0.15) is 0 Å². The molecule has 110 valence electrons. The van der Waals surface area contributed by atoms with Crippen LogP contribution in [-0.2, 0) is 6.42 Å². The average Bonchev–Trinajstić information content (AvgIpc) is 2.88. The Labute approximate surface area is 130 Å². The first-order valence-electron chi connectivity index (χ1n) is 7.44. The normalized spacial score (nSPS) is 20.0. The van der Waals surface area contributed by atoms with Crippen molar-refractivity contribution >= 4 is 6.08 Å². The number of hydrogen-bond acceptors (Lipinski definition) is 3. The van der Waals surface area contributed by atoms with Gasteiger partial charge < -0.3 is 10.4 Å². The highest BCUT2D eigenvalue weighted by molar-refractivity contribution is 5.51. The molecule has 0 aliphatic heterocycles. The molecule has 3 heteroatoms. The van der Waals surface area contributed by atoms with Crippen LogP contribution in [0.25, 0.3) is 6.08 Å². The molecule has 0 radical (unpaired) electrons. The third-order valence-electron chi connectivity index (χ3n) is 4.01. The highest BCUT2D eigenvalue weighted by Crippen LogP contribution is 2.30. The molecule has 0 saturated carbocycles. The van der Waals surface area contributed by atoms with Crippen molar-refractivity contribution in [2.24, 2.45) is 0 Å². The molecule has 2 atom stereocenters. The summed E-state index contributed by atoms with van der Waals surface area (Å²) in [6, 6.07) is 17.8. The molecule has 2 aromatic carbocycles. The van der Waals surface area contributed by atoms with Gasteiger partial charge in [0, 0.05) is 13.0 Å². The molecule has 2 N–H and O–H groups in total. The van der Waals surface area contributed by atoms with Gasteiger partial charge in [0.05, 0.1) is 23.8 Å². The van der Waals surface area contributed by atoms with E-state index in [0.717, 1.165) is 5.56 Å². The Kier molecular flexibility index (Phi) is 4.34. The summed E-state index contributed by atoms with van der Waals surface area (Å²) in [7, 11) is 0. The zero-order valence-corrected chi connectivity index (χ0v) is 12.2. The summed E-state index contributed by atoms with van der Waals surface area (Å²) >= 11 is 0. The van der Waals surface area contributed by atoms with Gasteiger partial charge in [0.15, 0.2) is 0 Å². The summed E-state index contributed by atoms with van der Waals surface area (Å²) in [6.07, 6.45) is 4.41. The number of fused-ring (bicyclic) bond motifs is 1. The van der Waals surface area contributed by atoms with Crippen LogP contribution in [0.4, 0.5) is 0 Å². The molecule has 22 heavy (non-hydrogen) atoms. The van der Waals surface area contributed by atoms with Gasteiger partial charge in [-0.15, -0.1) is 0 Å². The van der Waals surface area contributed by atoms with Crippen molar-refractivity contribution < 1.29 is 5.11 Å². The molecule has 3 nitrogen and oxygen atoms in total. The zero-order chi connectivity index (χ0) is 15.4. The summed E-state index contributed by atoms with van der Waals surface area (Å²) in [5, 5.41) is 22.3. The number of nitrogens with zero attached hydrogens (tertiary/aromatic N) is 1. The van der Waals surface area contributed by atoms with E-state index < -0.39 is 0 Å². The SMILES string of the molecule is N#Cc1ccc(/C=C/CN[C@@H]2c3ccccc3C[C@@H]2O)cc1. The van der Waals surface area contributed by atoms with Gasteiger partial charge in [0.25, 0.3) is 0 Å². The third-order valence-corrected chi connectivity index (χ3v) is 4.01. The van der Waals surface area contributed by atoms with Crippen molar-refractivity contribution in [2.45, 2.75) is 18.6 Å². The second kappa shape index (κ2) is 6.57. The van der Waals surface area contributed by atoms with Crippen molar-refractivity contribution in [2.75, 3.05) is 6.54 Å². The van der Waals surface area contributed by atoms with E-state index in [0.29, 0.717) is 18.5 Å². The van der Waals surface area contributed by atoms with Crippen LogP contribution in [-0.4, -0.2) is 17.8 Å². The van der Waals surface area contributed by atoms with Crippen LogP contribution in [0.3, 0.4) is 0 Å². The van der Waals surface area contributed by atoms with E-state index in [1.165, 1.54) is 11.1 Å². The van der Waals surface area contributed by atoms with Crippen molar-refractivity contribution in [3.63, 3.8) is 0 Å². The molecule has 0 bridgehead atoms. The molecule has 0 heterocycles. The molecular formula is C19H18N2O. The van der Waals surface area contributed by atoms with Crippen LogP contribution in [0.15, 0.2) is 54.6 Å². The average molecular weight is 290 g/mol. The lowest BCUT2D eigenvalue weighted by Gasteiger charge is -2.16. The molecule has 1 aliphatic rings. The topological polar surface area (TPSA) is 56.0 Å². The Morgan fingerprint density at radius 2 is 1.95 bits per heavy atom. The van der Waals surface area contributed by atoms with Crippen LogP contribution >= 0.6 is 0 Å². The van der Waals surface area contributed by atoms with E-state index in [-0.39, 0.29) is 12.1 Å². The maximum atomic E-state index is 10.2. The lowest BCUT2D eigenvalue weighted by Crippen LogP contribution is -2.28. The fourth-order valence-electron chi connectivity index (χ4n) is 2.88. The number of benzene rings is 2. The van der Waals surface area contributed by atoms with E-state index in [4.69, 9.17) is 5.26 Å². The predicted molar refractivity (Wildman–Crippen MR) is 87.1 cm³/mol. The maximum absolute atomic E-state index is 10.2. The third kappa shape index (κ3) is 3.09. The second-order valence-electron chi connectivity index (χ2n) is 5.49. The summed E-state index contributed by atoms with van der Waals surface area (Å²) in [6.45, 7) is 0.691. The number of nitriles is 1. The summed E-state index contributed by atoms with van der Waals surface area (Å²) in [5.41, 5.74) is 4.15. The molecule has 0 unspecified atom stereocenters. The van der Waals surface area contributed by atoms with E-state index in [1.807, 2.05) is 48.6 Å². The van der Waals surface area contributed by atoms with Crippen LogP contribution in [0, 0.1) is 11.3 Å². The summed E-state index contributed by atoms with van der Waals surface area (Å²) in [5.74, 6) is 0. The van der Waals surface area contributed by atoms with Crippen molar-refractivity contribution in [1.29, 1.82) is 5.26 Å². The minimum Gasteiger partial charge on any atom is -0.391 e. The summed E-state index contributed by atoms with van der Waals surface area (Å²) in [4.78, 5) is 0. The van der Waals surface area contributed by atoms with Crippen LogP contribution < -0.4 is 5.32 Å². The van der Waals surface area contributed by atoms with Crippen LogP contribution in [0.1, 0.15) is 28.3 Å².